The van der Waals surface area contributed by atoms with Crippen LogP contribution in [0.3, 0.4) is 0 Å². The number of nitro groups is 1. The SMILES string of the molecule is O=[N+]([O-])c1ccccc1S(=O)(=O)N1CC2CCC1CN2. The summed E-state index contributed by atoms with van der Waals surface area (Å²) in [5.41, 5.74) is -0.359. The number of fused-ring (bicyclic) bond motifs is 3. The first-order valence-corrected chi connectivity index (χ1v) is 7.93. The fraction of sp³-hybridized carbons (Fsp3) is 0.500. The lowest BCUT2D eigenvalue weighted by atomic mass is 9.96. The average molecular weight is 297 g/mol. The normalized spacial score (nSPS) is 26.6. The molecule has 7 nitrogen and oxygen atoms in total. The summed E-state index contributed by atoms with van der Waals surface area (Å²) in [6.45, 7) is 1.00. The molecular weight excluding hydrogens is 282 g/mol. The molecule has 0 aliphatic carbocycles. The van der Waals surface area contributed by atoms with E-state index in [-0.39, 0.29) is 22.7 Å². The third-order valence-corrected chi connectivity index (χ3v) is 5.91. The lowest BCUT2D eigenvalue weighted by molar-refractivity contribution is -0.387. The number of piperidine rings is 2. The number of sulfonamides is 1. The second kappa shape index (κ2) is 4.80. The van der Waals surface area contributed by atoms with Crippen LogP contribution in [0.4, 0.5) is 5.69 Å². The van der Waals surface area contributed by atoms with Crippen molar-refractivity contribution in [1.82, 2.24) is 9.62 Å². The number of piperazine rings is 1. The van der Waals surface area contributed by atoms with Gasteiger partial charge in [0.2, 0.25) is 10.0 Å². The van der Waals surface area contributed by atoms with Crippen LogP contribution < -0.4 is 5.32 Å². The van der Waals surface area contributed by atoms with E-state index >= 15 is 0 Å². The summed E-state index contributed by atoms with van der Waals surface area (Å²) in [5, 5.41) is 14.3. The fourth-order valence-corrected chi connectivity index (χ4v) is 4.77. The number of benzene rings is 1. The third kappa shape index (κ3) is 2.09. The Kier molecular flexibility index (Phi) is 3.23. The molecule has 2 atom stereocenters. The molecule has 0 aromatic heterocycles. The Morgan fingerprint density at radius 1 is 1.30 bits per heavy atom. The van der Waals surface area contributed by atoms with Gasteiger partial charge < -0.3 is 5.32 Å². The van der Waals surface area contributed by atoms with Gasteiger partial charge in [-0.15, -0.1) is 0 Å². The zero-order valence-corrected chi connectivity index (χ0v) is 11.5. The van der Waals surface area contributed by atoms with Crippen LogP contribution in [0.2, 0.25) is 0 Å². The molecule has 1 aromatic rings. The summed E-state index contributed by atoms with van der Waals surface area (Å²) < 4.78 is 26.8. The third-order valence-electron chi connectivity index (χ3n) is 3.95. The second-order valence-corrected chi connectivity index (χ2v) is 6.99. The quantitative estimate of drug-likeness (QED) is 0.655. The molecule has 0 saturated carbocycles. The molecule has 3 fully saturated rings. The van der Waals surface area contributed by atoms with Crippen LogP contribution in [0.15, 0.2) is 29.2 Å². The van der Waals surface area contributed by atoms with Crippen LogP contribution in [0, 0.1) is 10.1 Å². The number of para-hydroxylation sites is 1. The number of hydrogen-bond acceptors (Lipinski definition) is 5. The van der Waals surface area contributed by atoms with Crippen LogP contribution in [0.1, 0.15) is 12.8 Å². The van der Waals surface area contributed by atoms with Gasteiger partial charge in [0, 0.05) is 31.2 Å². The lowest BCUT2D eigenvalue weighted by Crippen LogP contribution is -2.62. The highest BCUT2D eigenvalue weighted by atomic mass is 32.2. The Balaban J connectivity index is 2.03. The van der Waals surface area contributed by atoms with Crippen LogP contribution in [-0.2, 0) is 10.0 Å². The van der Waals surface area contributed by atoms with Gasteiger partial charge >= 0.3 is 0 Å². The topological polar surface area (TPSA) is 92.5 Å². The first-order valence-electron chi connectivity index (χ1n) is 6.49. The van der Waals surface area contributed by atoms with Gasteiger partial charge in [0.1, 0.15) is 0 Å². The Hall–Kier alpha value is -1.51. The number of nitrogens with one attached hydrogen (secondary N) is 1. The van der Waals surface area contributed by atoms with Gasteiger partial charge in [0.05, 0.1) is 4.92 Å². The minimum absolute atomic E-state index is 0.107. The molecule has 3 aliphatic heterocycles. The molecule has 108 valence electrons. The second-order valence-electron chi connectivity index (χ2n) is 5.14. The van der Waals surface area contributed by atoms with Gasteiger partial charge in [-0.1, -0.05) is 12.1 Å². The van der Waals surface area contributed by atoms with Crippen molar-refractivity contribution < 1.29 is 13.3 Å². The largest absolute Gasteiger partial charge is 0.311 e. The predicted octanol–water partition coefficient (Wildman–Crippen LogP) is 0.720. The first kappa shape index (κ1) is 13.5. The molecule has 0 radical (unpaired) electrons. The van der Waals surface area contributed by atoms with Crippen molar-refractivity contribution >= 4 is 15.7 Å². The number of nitrogens with zero attached hydrogens (tertiary/aromatic N) is 2. The molecule has 20 heavy (non-hydrogen) atoms. The van der Waals surface area contributed by atoms with Gasteiger partial charge in [-0.25, -0.2) is 8.42 Å². The number of hydrogen-bond donors (Lipinski definition) is 1. The van der Waals surface area contributed by atoms with Crippen LogP contribution in [0.5, 0.6) is 0 Å². The zero-order valence-electron chi connectivity index (χ0n) is 10.7. The average Bonchev–Trinajstić information content (AvgIpc) is 2.48. The highest BCUT2D eigenvalue weighted by Gasteiger charge is 2.42. The van der Waals surface area contributed by atoms with Crippen molar-refractivity contribution in [1.29, 1.82) is 0 Å². The smallest absolute Gasteiger partial charge is 0.289 e. The van der Waals surface area contributed by atoms with Gasteiger partial charge in [0.25, 0.3) is 5.69 Å². The molecule has 0 spiro atoms. The van der Waals surface area contributed by atoms with E-state index in [2.05, 4.69) is 5.32 Å². The molecule has 8 heteroatoms. The summed E-state index contributed by atoms with van der Waals surface area (Å²) in [7, 11) is -3.82. The maximum Gasteiger partial charge on any atom is 0.289 e. The van der Waals surface area contributed by atoms with Gasteiger partial charge in [-0.05, 0) is 18.9 Å². The van der Waals surface area contributed by atoms with Gasteiger partial charge in [-0.2, -0.15) is 4.31 Å². The van der Waals surface area contributed by atoms with E-state index in [0.29, 0.717) is 13.1 Å². The summed E-state index contributed by atoms with van der Waals surface area (Å²) in [6.07, 6.45) is 1.76. The minimum atomic E-state index is -3.82. The molecule has 1 N–H and O–H groups in total. The van der Waals surface area contributed by atoms with E-state index in [9.17, 15) is 18.5 Å². The van der Waals surface area contributed by atoms with Gasteiger partial charge in [-0.3, -0.25) is 10.1 Å². The maximum absolute atomic E-state index is 12.7. The Morgan fingerprint density at radius 2 is 2.05 bits per heavy atom. The summed E-state index contributed by atoms with van der Waals surface area (Å²) in [4.78, 5) is 10.2. The molecule has 1 aromatic carbocycles. The van der Waals surface area contributed by atoms with E-state index in [1.165, 1.54) is 28.6 Å². The fourth-order valence-electron chi connectivity index (χ4n) is 2.92. The van der Waals surface area contributed by atoms with E-state index in [0.717, 1.165) is 12.8 Å². The van der Waals surface area contributed by atoms with Crippen molar-refractivity contribution in [2.75, 3.05) is 13.1 Å². The minimum Gasteiger partial charge on any atom is -0.311 e. The lowest BCUT2D eigenvalue weighted by Gasteiger charge is -2.44. The van der Waals surface area contributed by atoms with E-state index in [4.69, 9.17) is 0 Å². The Labute approximate surface area is 116 Å². The standard InChI is InChI=1S/C12H15N3O4S/c16-15(17)11-3-1-2-4-12(11)20(18,19)14-8-9-5-6-10(14)7-13-9/h1-4,9-10,13H,5-8H2. The summed E-state index contributed by atoms with van der Waals surface area (Å²) >= 11 is 0. The molecular formula is C12H15N3O4S. The Bertz CT molecular complexity index is 638. The highest BCUT2D eigenvalue weighted by molar-refractivity contribution is 7.89. The molecule has 3 saturated heterocycles. The molecule has 2 unspecified atom stereocenters. The summed E-state index contributed by atoms with van der Waals surface area (Å²) in [6, 6.07) is 5.57. The van der Waals surface area contributed by atoms with Crippen LogP contribution >= 0.6 is 0 Å². The van der Waals surface area contributed by atoms with E-state index < -0.39 is 14.9 Å². The van der Waals surface area contributed by atoms with Crippen molar-refractivity contribution in [3.63, 3.8) is 0 Å². The van der Waals surface area contributed by atoms with Crippen molar-refractivity contribution in [2.24, 2.45) is 0 Å². The van der Waals surface area contributed by atoms with Crippen molar-refractivity contribution in [3.05, 3.63) is 34.4 Å². The van der Waals surface area contributed by atoms with Gasteiger partial charge in [0.15, 0.2) is 4.90 Å². The van der Waals surface area contributed by atoms with Crippen LogP contribution in [0.25, 0.3) is 0 Å². The van der Waals surface area contributed by atoms with Crippen LogP contribution in [-0.4, -0.2) is 42.8 Å². The molecule has 2 bridgehead atoms. The van der Waals surface area contributed by atoms with Crippen molar-refractivity contribution in [3.8, 4) is 0 Å². The highest BCUT2D eigenvalue weighted by Crippen LogP contribution is 2.32. The number of rotatable bonds is 3. The molecule has 3 aliphatic rings. The summed E-state index contributed by atoms with van der Waals surface area (Å²) in [5.74, 6) is 0. The van der Waals surface area contributed by atoms with E-state index in [1.807, 2.05) is 0 Å². The molecule has 3 heterocycles. The predicted molar refractivity (Wildman–Crippen MR) is 71.8 cm³/mol. The first-order chi connectivity index (χ1) is 9.50. The van der Waals surface area contributed by atoms with Crippen molar-refractivity contribution in [2.45, 2.75) is 29.8 Å². The molecule has 4 rings (SSSR count). The Morgan fingerprint density at radius 3 is 2.60 bits per heavy atom. The maximum atomic E-state index is 12.7. The monoisotopic (exact) mass is 297 g/mol. The molecule has 0 amide bonds. The van der Waals surface area contributed by atoms with E-state index in [1.54, 1.807) is 0 Å². The zero-order chi connectivity index (χ0) is 14.3. The number of nitro benzene ring substituents is 1.